The van der Waals surface area contributed by atoms with Crippen LogP contribution in [0.3, 0.4) is 0 Å². The molecular formula is C24H26Cl2N2O2S2. The normalized spacial score (nSPS) is 30.9. The molecule has 4 unspecified atom stereocenters. The topological polar surface area (TPSA) is 42.3 Å². The van der Waals surface area contributed by atoms with Crippen molar-refractivity contribution < 1.29 is 4.79 Å². The number of aromatic nitrogens is 1. The van der Waals surface area contributed by atoms with Crippen LogP contribution in [0.4, 0.5) is 0 Å². The quantitative estimate of drug-likeness (QED) is 0.519. The lowest BCUT2D eigenvalue weighted by molar-refractivity contribution is -0.132. The van der Waals surface area contributed by atoms with E-state index in [0.717, 1.165) is 41.4 Å². The summed E-state index contributed by atoms with van der Waals surface area (Å²) in [5.41, 5.74) is 1.04. The Morgan fingerprint density at radius 3 is 2.69 bits per heavy atom. The van der Waals surface area contributed by atoms with Crippen molar-refractivity contribution in [2.45, 2.75) is 61.3 Å². The summed E-state index contributed by atoms with van der Waals surface area (Å²) in [6, 6.07) is 5.87. The van der Waals surface area contributed by atoms with Crippen molar-refractivity contribution in [2.75, 3.05) is 13.1 Å². The smallest absolute Gasteiger partial charge is 0.308 e. The first-order chi connectivity index (χ1) is 15.5. The van der Waals surface area contributed by atoms with Crippen LogP contribution in [0.15, 0.2) is 28.0 Å². The Bertz CT molecular complexity index is 1120. The summed E-state index contributed by atoms with van der Waals surface area (Å²) in [5.74, 6) is 1.99. The highest BCUT2D eigenvalue weighted by molar-refractivity contribution is 8.00. The molecule has 170 valence electrons. The Balaban J connectivity index is 1.43. The van der Waals surface area contributed by atoms with Gasteiger partial charge in [0.15, 0.2) is 0 Å². The standard InChI is InChI=1S/C24H26Cl2N2O2S2/c25-16-6-4-5-15(20(16)26)19-18-13-7-8-14(11-13)21(18)31-23-22(19)32-24(30)28(23)12-17(29)27-9-2-1-3-10-27/h4-6,13-14,18-19,21H,1-3,7-12H2/t13?,14?,18?,19-,21?/m1/s1. The van der Waals surface area contributed by atoms with Gasteiger partial charge in [0.25, 0.3) is 0 Å². The number of rotatable bonds is 3. The van der Waals surface area contributed by atoms with E-state index in [-0.39, 0.29) is 23.2 Å². The maximum absolute atomic E-state index is 13.2. The third-order valence-corrected chi connectivity index (χ3v) is 11.7. The van der Waals surface area contributed by atoms with E-state index >= 15 is 0 Å². The van der Waals surface area contributed by atoms with Crippen LogP contribution in [0.2, 0.25) is 10.0 Å². The number of thioether (sulfide) groups is 1. The molecule has 2 aliphatic heterocycles. The third-order valence-electron chi connectivity index (χ3n) is 8.01. The molecule has 3 fully saturated rings. The summed E-state index contributed by atoms with van der Waals surface area (Å²) >= 11 is 16.3. The molecule has 0 spiro atoms. The number of likely N-dealkylation sites (tertiary alicyclic amines) is 1. The summed E-state index contributed by atoms with van der Waals surface area (Å²) < 4.78 is 1.76. The molecule has 1 aromatic carbocycles. The van der Waals surface area contributed by atoms with Crippen molar-refractivity contribution in [3.63, 3.8) is 0 Å². The lowest BCUT2D eigenvalue weighted by Crippen LogP contribution is -2.39. The van der Waals surface area contributed by atoms with Crippen LogP contribution in [0.5, 0.6) is 0 Å². The van der Waals surface area contributed by atoms with Gasteiger partial charge in [-0.05, 0) is 67.9 Å². The predicted octanol–water partition coefficient (Wildman–Crippen LogP) is 5.88. The number of piperidine rings is 1. The highest BCUT2D eigenvalue weighted by Crippen LogP contribution is 2.64. The maximum atomic E-state index is 13.2. The zero-order chi connectivity index (χ0) is 22.0. The Hall–Kier alpha value is -0.950. The molecule has 2 saturated carbocycles. The number of nitrogens with zero attached hydrogens (tertiary/aromatic N) is 2. The van der Waals surface area contributed by atoms with Crippen LogP contribution in [-0.2, 0) is 11.3 Å². The third kappa shape index (κ3) is 3.40. The molecule has 0 N–H and O–H groups in total. The number of benzene rings is 1. The van der Waals surface area contributed by atoms with Crippen molar-refractivity contribution in [1.29, 1.82) is 0 Å². The summed E-state index contributed by atoms with van der Waals surface area (Å²) in [4.78, 5) is 29.2. The first-order valence-corrected chi connectivity index (χ1v) is 14.1. The highest BCUT2D eigenvalue weighted by atomic mass is 35.5. The molecule has 1 aromatic heterocycles. The van der Waals surface area contributed by atoms with E-state index in [9.17, 15) is 9.59 Å². The van der Waals surface area contributed by atoms with Crippen molar-refractivity contribution in [3.8, 4) is 0 Å². The second kappa shape index (κ2) is 8.37. The van der Waals surface area contributed by atoms with Crippen molar-refractivity contribution in [1.82, 2.24) is 9.47 Å². The minimum atomic E-state index is -0.0247. The summed E-state index contributed by atoms with van der Waals surface area (Å²) in [7, 11) is 0. The van der Waals surface area contributed by atoms with Gasteiger partial charge in [0.05, 0.1) is 15.1 Å². The number of halogens is 2. The molecular weight excluding hydrogens is 483 g/mol. The largest absolute Gasteiger partial charge is 0.341 e. The Labute approximate surface area is 206 Å². The molecule has 0 radical (unpaired) electrons. The molecule has 2 aliphatic carbocycles. The monoisotopic (exact) mass is 508 g/mol. The number of hydrogen-bond donors (Lipinski definition) is 0. The SMILES string of the molecule is O=C(Cn1c2c(sc1=O)[C@H](c1cccc(Cl)c1Cl)C1C3CCC(C3)C1S2)N1CCCCC1. The molecule has 2 bridgehead atoms. The molecule has 4 aliphatic rings. The van der Waals surface area contributed by atoms with E-state index in [1.54, 1.807) is 4.57 Å². The summed E-state index contributed by atoms with van der Waals surface area (Å²) in [6.07, 6.45) is 7.09. The van der Waals surface area contributed by atoms with Gasteiger partial charge < -0.3 is 4.90 Å². The minimum Gasteiger partial charge on any atom is -0.341 e. The van der Waals surface area contributed by atoms with Crippen molar-refractivity contribution >= 4 is 52.2 Å². The van der Waals surface area contributed by atoms with Crippen LogP contribution >= 0.6 is 46.3 Å². The van der Waals surface area contributed by atoms with Gasteiger partial charge in [-0.3, -0.25) is 14.2 Å². The zero-order valence-electron chi connectivity index (χ0n) is 17.8. The van der Waals surface area contributed by atoms with Gasteiger partial charge in [0.1, 0.15) is 6.54 Å². The Kier molecular flexibility index (Phi) is 5.64. The van der Waals surface area contributed by atoms with E-state index in [1.807, 2.05) is 28.8 Å². The molecule has 1 saturated heterocycles. The molecule has 1 amide bonds. The molecule has 4 nitrogen and oxygen atoms in total. The Morgan fingerprint density at radius 1 is 1.09 bits per heavy atom. The van der Waals surface area contributed by atoms with Gasteiger partial charge in [0, 0.05) is 29.1 Å². The fourth-order valence-electron chi connectivity index (χ4n) is 6.57. The minimum absolute atomic E-state index is 0.0247. The van der Waals surface area contributed by atoms with Crippen LogP contribution in [0.1, 0.15) is 54.9 Å². The molecule has 3 heterocycles. The van der Waals surface area contributed by atoms with E-state index in [2.05, 4.69) is 6.07 Å². The van der Waals surface area contributed by atoms with Crippen molar-refractivity contribution in [3.05, 3.63) is 48.4 Å². The fourth-order valence-corrected chi connectivity index (χ4v) is 10.1. The fraction of sp³-hybridized carbons (Fsp3) is 0.583. The van der Waals surface area contributed by atoms with Crippen LogP contribution < -0.4 is 4.87 Å². The number of carbonyl (C=O) groups excluding carboxylic acids is 1. The van der Waals surface area contributed by atoms with Gasteiger partial charge in [-0.1, -0.05) is 46.7 Å². The van der Waals surface area contributed by atoms with Crippen LogP contribution in [0.25, 0.3) is 0 Å². The lowest BCUT2D eigenvalue weighted by Gasteiger charge is -2.41. The maximum Gasteiger partial charge on any atom is 0.308 e. The van der Waals surface area contributed by atoms with Gasteiger partial charge in [-0.2, -0.15) is 0 Å². The number of thiazole rings is 1. The van der Waals surface area contributed by atoms with E-state index < -0.39 is 0 Å². The average Bonchev–Trinajstić information content (AvgIpc) is 3.49. The Morgan fingerprint density at radius 2 is 1.88 bits per heavy atom. The summed E-state index contributed by atoms with van der Waals surface area (Å²) in [6.45, 7) is 1.77. The van der Waals surface area contributed by atoms with Gasteiger partial charge >= 0.3 is 4.87 Å². The molecule has 32 heavy (non-hydrogen) atoms. The second-order valence-electron chi connectivity index (χ2n) is 9.68. The lowest BCUT2D eigenvalue weighted by atomic mass is 9.75. The molecule has 2 aromatic rings. The number of amides is 1. The van der Waals surface area contributed by atoms with Gasteiger partial charge in [0.2, 0.25) is 5.91 Å². The molecule has 8 heteroatoms. The van der Waals surface area contributed by atoms with Crippen molar-refractivity contribution in [2.24, 2.45) is 17.8 Å². The molecule has 6 rings (SSSR count). The van der Waals surface area contributed by atoms with E-state index in [1.165, 1.54) is 37.0 Å². The summed E-state index contributed by atoms with van der Waals surface area (Å²) in [5, 5.41) is 2.65. The van der Waals surface area contributed by atoms with E-state index in [4.69, 9.17) is 23.2 Å². The highest BCUT2D eigenvalue weighted by Gasteiger charge is 2.55. The average molecular weight is 510 g/mol. The first kappa shape index (κ1) is 21.6. The first-order valence-electron chi connectivity index (χ1n) is 11.6. The molecule has 5 atom stereocenters. The van der Waals surface area contributed by atoms with Crippen LogP contribution in [-0.4, -0.2) is 33.7 Å². The number of hydrogen-bond acceptors (Lipinski definition) is 4. The predicted molar refractivity (Wildman–Crippen MR) is 131 cm³/mol. The zero-order valence-corrected chi connectivity index (χ0v) is 20.9. The number of carbonyl (C=O) groups is 1. The second-order valence-corrected chi connectivity index (χ2v) is 12.6. The van der Waals surface area contributed by atoms with Gasteiger partial charge in [-0.15, -0.1) is 11.8 Å². The van der Waals surface area contributed by atoms with Crippen LogP contribution in [0, 0.1) is 17.8 Å². The number of fused-ring (bicyclic) bond motifs is 6. The van der Waals surface area contributed by atoms with E-state index in [0.29, 0.717) is 33.0 Å². The van der Waals surface area contributed by atoms with Gasteiger partial charge in [-0.25, -0.2) is 0 Å².